The summed E-state index contributed by atoms with van der Waals surface area (Å²) < 4.78 is 0. The molecular weight excluding hydrogens is 168 g/mol. The molecule has 1 fully saturated rings. The molecule has 2 nitrogen and oxygen atoms in total. The standard InChI is InChI=1S/C9H14N2S/c1-8(2,9(10)3-4-9)7-5-11-6-12-7/h5-6H,3-4,10H2,1-2H3. The maximum Gasteiger partial charge on any atom is 0.0794 e. The molecule has 0 aliphatic heterocycles. The summed E-state index contributed by atoms with van der Waals surface area (Å²) in [6.45, 7) is 4.43. The lowest BCUT2D eigenvalue weighted by Crippen LogP contribution is -2.42. The molecule has 3 heteroatoms. The van der Waals surface area contributed by atoms with Gasteiger partial charge in [-0.2, -0.15) is 0 Å². The SMILES string of the molecule is CC(C)(c1cncs1)C1(N)CC1. The molecule has 0 spiro atoms. The van der Waals surface area contributed by atoms with E-state index in [1.54, 1.807) is 11.3 Å². The van der Waals surface area contributed by atoms with Crippen molar-refractivity contribution in [1.82, 2.24) is 4.98 Å². The monoisotopic (exact) mass is 182 g/mol. The van der Waals surface area contributed by atoms with E-state index in [2.05, 4.69) is 18.8 Å². The van der Waals surface area contributed by atoms with Gasteiger partial charge in [0, 0.05) is 22.0 Å². The van der Waals surface area contributed by atoms with Gasteiger partial charge in [0.1, 0.15) is 0 Å². The first-order chi connectivity index (χ1) is 5.56. The predicted octanol–water partition coefficient (Wildman–Crippen LogP) is 1.91. The van der Waals surface area contributed by atoms with Crippen molar-refractivity contribution in [1.29, 1.82) is 0 Å². The summed E-state index contributed by atoms with van der Waals surface area (Å²) >= 11 is 1.71. The lowest BCUT2D eigenvalue weighted by Gasteiger charge is -2.30. The third-order valence-electron chi connectivity index (χ3n) is 3.08. The maximum atomic E-state index is 6.19. The minimum atomic E-state index is 0.0412. The summed E-state index contributed by atoms with van der Waals surface area (Å²) in [5.74, 6) is 0. The van der Waals surface area contributed by atoms with E-state index < -0.39 is 0 Å². The highest BCUT2D eigenvalue weighted by atomic mass is 32.1. The lowest BCUT2D eigenvalue weighted by atomic mass is 9.81. The molecular formula is C9H14N2S. The Labute approximate surface area is 76.8 Å². The molecule has 0 aromatic carbocycles. The van der Waals surface area contributed by atoms with Crippen molar-refractivity contribution in [2.75, 3.05) is 0 Å². The van der Waals surface area contributed by atoms with E-state index in [1.165, 1.54) is 4.88 Å². The molecule has 12 heavy (non-hydrogen) atoms. The van der Waals surface area contributed by atoms with Crippen molar-refractivity contribution in [3.8, 4) is 0 Å². The van der Waals surface area contributed by atoms with Gasteiger partial charge in [-0.1, -0.05) is 13.8 Å². The molecule has 1 heterocycles. The number of nitrogens with zero attached hydrogens (tertiary/aromatic N) is 1. The van der Waals surface area contributed by atoms with Gasteiger partial charge in [0.15, 0.2) is 0 Å². The lowest BCUT2D eigenvalue weighted by molar-refractivity contribution is 0.398. The van der Waals surface area contributed by atoms with Crippen LogP contribution < -0.4 is 5.73 Å². The smallest absolute Gasteiger partial charge is 0.0794 e. The van der Waals surface area contributed by atoms with Gasteiger partial charge in [-0.25, -0.2) is 0 Å². The first-order valence-corrected chi connectivity index (χ1v) is 5.12. The van der Waals surface area contributed by atoms with Gasteiger partial charge in [-0.15, -0.1) is 11.3 Å². The largest absolute Gasteiger partial charge is 0.324 e. The van der Waals surface area contributed by atoms with Crippen LogP contribution in [0.15, 0.2) is 11.7 Å². The zero-order valence-corrected chi connectivity index (χ0v) is 8.32. The molecule has 0 radical (unpaired) electrons. The zero-order valence-electron chi connectivity index (χ0n) is 7.50. The molecule has 0 unspecified atom stereocenters. The predicted molar refractivity (Wildman–Crippen MR) is 51.3 cm³/mol. The average molecular weight is 182 g/mol. The number of rotatable bonds is 2. The molecule has 1 aromatic rings. The Morgan fingerprint density at radius 1 is 1.58 bits per heavy atom. The summed E-state index contributed by atoms with van der Waals surface area (Å²) in [7, 11) is 0. The minimum absolute atomic E-state index is 0.0412. The number of hydrogen-bond donors (Lipinski definition) is 1. The number of nitrogens with two attached hydrogens (primary N) is 1. The average Bonchev–Trinajstić information content (AvgIpc) is 2.59. The third kappa shape index (κ3) is 1.00. The molecule has 0 bridgehead atoms. The van der Waals surface area contributed by atoms with Crippen molar-refractivity contribution >= 4 is 11.3 Å². The Balaban J connectivity index is 2.33. The molecule has 1 aliphatic carbocycles. The Kier molecular flexibility index (Phi) is 1.57. The molecule has 0 atom stereocenters. The summed E-state index contributed by atoms with van der Waals surface area (Å²) in [6.07, 6.45) is 4.24. The van der Waals surface area contributed by atoms with E-state index in [0.29, 0.717) is 0 Å². The third-order valence-corrected chi connectivity index (χ3v) is 4.18. The van der Waals surface area contributed by atoms with Crippen LogP contribution in [0.1, 0.15) is 31.6 Å². The van der Waals surface area contributed by atoms with E-state index in [0.717, 1.165) is 12.8 Å². The topological polar surface area (TPSA) is 38.9 Å². The fourth-order valence-electron chi connectivity index (χ4n) is 1.53. The molecule has 0 amide bonds. The van der Waals surface area contributed by atoms with Crippen LogP contribution in [0.4, 0.5) is 0 Å². The van der Waals surface area contributed by atoms with Crippen LogP contribution >= 0.6 is 11.3 Å². The fourth-order valence-corrected chi connectivity index (χ4v) is 2.38. The van der Waals surface area contributed by atoms with Crippen LogP contribution in [0, 0.1) is 0 Å². The van der Waals surface area contributed by atoms with Gasteiger partial charge in [0.05, 0.1) is 5.51 Å². The van der Waals surface area contributed by atoms with E-state index in [9.17, 15) is 0 Å². The van der Waals surface area contributed by atoms with E-state index in [-0.39, 0.29) is 11.0 Å². The Bertz CT molecular complexity index is 273. The Hall–Kier alpha value is -0.410. The molecule has 1 aliphatic rings. The van der Waals surface area contributed by atoms with Crippen LogP contribution in [-0.4, -0.2) is 10.5 Å². The van der Waals surface area contributed by atoms with Gasteiger partial charge in [-0.05, 0) is 12.8 Å². The van der Waals surface area contributed by atoms with Crippen molar-refractivity contribution in [3.63, 3.8) is 0 Å². The number of aromatic nitrogens is 1. The Morgan fingerprint density at radius 3 is 2.67 bits per heavy atom. The van der Waals surface area contributed by atoms with Crippen molar-refractivity contribution in [2.45, 2.75) is 37.6 Å². The van der Waals surface area contributed by atoms with E-state index >= 15 is 0 Å². The second kappa shape index (κ2) is 2.30. The number of hydrogen-bond acceptors (Lipinski definition) is 3. The summed E-state index contributed by atoms with van der Waals surface area (Å²) in [4.78, 5) is 5.40. The molecule has 0 saturated heterocycles. The Morgan fingerprint density at radius 2 is 2.25 bits per heavy atom. The summed E-state index contributed by atoms with van der Waals surface area (Å²) in [5, 5.41) is 0. The van der Waals surface area contributed by atoms with Crippen molar-refractivity contribution < 1.29 is 0 Å². The van der Waals surface area contributed by atoms with Crippen LogP contribution in [0.2, 0.25) is 0 Å². The van der Waals surface area contributed by atoms with Gasteiger partial charge in [-0.3, -0.25) is 4.98 Å². The van der Waals surface area contributed by atoms with Gasteiger partial charge < -0.3 is 5.73 Å². The number of thiazole rings is 1. The summed E-state index contributed by atoms with van der Waals surface area (Å²) in [6, 6.07) is 0. The van der Waals surface area contributed by atoms with Gasteiger partial charge in [0.2, 0.25) is 0 Å². The van der Waals surface area contributed by atoms with Gasteiger partial charge >= 0.3 is 0 Å². The zero-order chi connectivity index (χ0) is 8.82. The van der Waals surface area contributed by atoms with E-state index in [1.807, 2.05) is 11.7 Å². The molecule has 1 saturated carbocycles. The molecule has 2 N–H and O–H groups in total. The fraction of sp³-hybridized carbons (Fsp3) is 0.667. The highest BCUT2D eigenvalue weighted by Crippen LogP contribution is 2.49. The quantitative estimate of drug-likeness (QED) is 0.759. The highest BCUT2D eigenvalue weighted by molar-refractivity contribution is 7.09. The van der Waals surface area contributed by atoms with Crippen LogP contribution in [0.3, 0.4) is 0 Å². The van der Waals surface area contributed by atoms with Crippen molar-refractivity contribution in [3.05, 3.63) is 16.6 Å². The highest BCUT2D eigenvalue weighted by Gasteiger charge is 2.52. The van der Waals surface area contributed by atoms with Crippen molar-refractivity contribution in [2.24, 2.45) is 5.73 Å². The second-order valence-electron chi connectivity index (χ2n) is 4.15. The molecule has 2 rings (SSSR count). The van der Waals surface area contributed by atoms with E-state index in [4.69, 9.17) is 5.73 Å². The minimum Gasteiger partial charge on any atom is -0.324 e. The second-order valence-corrected chi connectivity index (χ2v) is 5.03. The van der Waals surface area contributed by atoms with Crippen LogP contribution in [-0.2, 0) is 5.41 Å². The van der Waals surface area contributed by atoms with Gasteiger partial charge in [0.25, 0.3) is 0 Å². The normalized spacial score (nSPS) is 20.9. The van der Waals surface area contributed by atoms with Crippen LogP contribution in [0.25, 0.3) is 0 Å². The molecule has 66 valence electrons. The van der Waals surface area contributed by atoms with Crippen LogP contribution in [0.5, 0.6) is 0 Å². The molecule has 1 aromatic heterocycles. The summed E-state index contributed by atoms with van der Waals surface area (Å²) in [5.41, 5.74) is 8.22. The first kappa shape index (κ1) is 8.20. The maximum absolute atomic E-state index is 6.19. The first-order valence-electron chi connectivity index (χ1n) is 4.24.